The first-order chi connectivity index (χ1) is 8.56. The number of aliphatic hydroxyl groups is 1. The van der Waals surface area contributed by atoms with E-state index in [1.165, 1.54) is 0 Å². The highest BCUT2D eigenvalue weighted by Gasteiger charge is 2.20. The Labute approximate surface area is 120 Å². The van der Waals surface area contributed by atoms with Gasteiger partial charge in [0.25, 0.3) is 0 Å². The number of aromatic hydroxyl groups is 1. The summed E-state index contributed by atoms with van der Waals surface area (Å²) >= 11 is 9.23. The largest absolute Gasteiger partial charge is 0.506 e. The summed E-state index contributed by atoms with van der Waals surface area (Å²) in [6.07, 6.45) is 3.59. The molecule has 18 heavy (non-hydrogen) atoms. The van der Waals surface area contributed by atoms with Crippen molar-refractivity contribution >= 4 is 27.5 Å². The minimum atomic E-state index is -0.198. The molecule has 1 saturated carbocycles. The van der Waals surface area contributed by atoms with Crippen LogP contribution in [0.3, 0.4) is 0 Å². The normalized spacial score (nSPS) is 24.2. The Morgan fingerprint density at radius 2 is 2.17 bits per heavy atom. The van der Waals surface area contributed by atoms with Crippen LogP contribution in [0.1, 0.15) is 31.2 Å². The van der Waals surface area contributed by atoms with Crippen LogP contribution < -0.4 is 5.32 Å². The van der Waals surface area contributed by atoms with Crippen molar-refractivity contribution in [3.63, 3.8) is 0 Å². The molecule has 0 aliphatic heterocycles. The topological polar surface area (TPSA) is 52.5 Å². The van der Waals surface area contributed by atoms with Crippen LogP contribution in [-0.4, -0.2) is 22.4 Å². The van der Waals surface area contributed by atoms with E-state index in [0.29, 0.717) is 22.1 Å². The van der Waals surface area contributed by atoms with Crippen molar-refractivity contribution in [3.8, 4) is 5.75 Å². The fourth-order valence-electron chi connectivity index (χ4n) is 2.36. The Morgan fingerprint density at radius 3 is 2.89 bits per heavy atom. The number of phenols is 1. The highest BCUT2D eigenvalue weighted by molar-refractivity contribution is 9.10. The molecule has 0 amide bonds. The predicted octanol–water partition coefficient (Wildman–Crippen LogP) is 3.20. The van der Waals surface area contributed by atoms with Crippen LogP contribution in [0.4, 0.5) is 0 Å². The number of nitrogens with one attached hydrogen (secondary N) is 1. The second-order valence-electron chi connectivity index (χ2n) is 4.79. The lowest BCUT2D eigenvalue weighted by atomic mass is 9.93. The molecule has 2 atom stereocenters. The van der Waals surface area contributed by atoms with Gasteiger partial charge in [0.05, 0.1) is 10.6 Å². The number of benzene rings is 1. The maximum absolute atomic E-state index is 9.91. The second-order valence-corrected chi connectivity index (χ2v) is 6.08. The molecule has 0 spiro atoms. The van der Waals surface area contributed by atoms with E-state index in [9.17, 15) is 10.2 Å². The van der Waals surface area contributed by atoms with Crippen molar-refractivity contribution in [2.45, 2.75) is 44.4 Å². The summed E-state index contributed by atoms with van der Waals surface area (Å²) in [5.41, 5.74) is 0.773. The predicted molar refractivity (Wildman–Crippen MR) is 75.9 cm³/mol. The molecule has 0 aromatic heterocycles. The summed E-state index contributed by atoms with van der Waals surface area (Å²) in [5.74, 6) is 0.225. The standard InChI is InChI=1S/C13H17BrClNO2/c14-12-5-9(15)4-8(13(12)18)7-16-10-2-1-3-11(17)6-10/h4-5,10-11,16-18H,1-3,6-7H2/t10-,11+/m0/s1. The summed E-state index contributed by atoms with van der Waals surface area (Å²) in [7, 11) is 0. The smallest absolute Gasteiger partial charge is 0.134 e. The van der Waals surface area contributed by atoms with Crippen molar-refractivity contribution in [2.24, 2.45) is 0 Å². The van der Waals surface area contributed by atoms with Crippen molar-refractivity contribution < 1.29 is 10.2 Å². The molecule has 3 N–H and O–H groups in total. The summed E-state index contributed by atoms with van der Waals surface area (Å²) < 4.78 is 0.607. The van der Waals surface area contributed by atoms with Crippen LogP contribution in [0.2, 0.25) is 5.02 Å². The zero-order chi connectivity index (χ0) is 13.1. The van der Waals surface area contributed by atoms with Gasteiger partial charge in [0, 0.05) is 23.2 Å². The number of halogens is 2. The average molecular weight is 335 g/mol. The highest BCUT2D eigenvalue weighted by atomic mass is 79.9. The van der Waals surface area contributed by atoms with Gasteiger partial charge in [-0.3, -0.25) is 0 Å². The molecule has 1 aliphatic carbocycles. The van der Waals surface area contributed by atoms with Gasteiger partial charge in [-0.05, 0) is 53.7 Å². The summed E-state index contributed by atoms with van der Waals surface area (Å²) in [4.78, 5) is 0. The van der Waals surface area contributed by atoms with Crippen LogP contribution in [0, 0.1) is 0 Å². The van der Waals surface area contributed by atoms with E-state index in [1.807, 2.05) is 0 Å². The van der Waals surface area contributed by atoms with Crippen molar-refractivity contribution in [3.05, 3.63) is 27.2 Å². The Kier molecular flexibility index (Phi) is 4.90. The molecule has 0 saturated heterocycles. The molecule has 2 rings (SSSR count). The molecule has 1 fully saturated rings. The van der Waals surface area contributed by atoms with E-state index < -0.39 is 0 Å². The van der Waals surface area contributed by atoms with Gasteiger partial charge < -0.3 is 15.5 Å². The minimum absolute atomic E-state index is 0.198. The first-order valence-electron chi connectivity index (χ1n) is 6.14. The van der Waals surface area contributed by atoms with E-state index in [-0.39, 0.29) is 11.9 Å². The van der Waals surface area contributed by atoms with Gasteiger partial charge in [-0.15, -0.1) is 0 Å². The van der Waals surface area contributed by atoms with E-state index in [0.717, 1.165) is 31.2 Å². The number of rotatable bonds is 3. The van der Waals surface area contributed by atoms with Crippen LogP contribution in [0.25, 0.3) is 0 Å². The minimum Gasteiger partial charge on any atom is -0.506 e. The molecule has 3 nitrogen and oxygen atoms in total. The lowest BCUT2D eigenvalue weighted by molar-refractivity contribution is 0.111. The van der Waals surface area contributed by atoms with Gasteiger partial charge in [0.1, 0.15) is 5.75 Å². The van der Waals surface area contributed by atoms with E-state index in [4.69, 9.17) is 11.6 Å². The summed E-state index contributed by atoms with van der Waals surface area (Å²) in [6.45, 7) is 0.558. The molecule has 0 bridgehead atoms. The first kappa shape index (κ1) is 14.1. The van der Waals surface area contributed by atoms with Gasteiger partial charge >= 0.3 is 0 Å². The molecular weight excluding hydrogens is 318 g/mol. The molecule has 1 aliphatic rings. The first-order valence-corrected chi connectivity index (χ1v) is 7.31. The van der Waals surface area contributed by atoms with Crippen molar-refractivity contribution in [2.75, 3.05) is 0 Å². The van der Waals surface area contributed by atoms with E-state index in [2.05, 4.69) is 21.2 Å². The quantitative estimate of drug-likeness (QED) is 0.795. The zero-order valence-electron chi connectivity index (χ0n) is 10.00. The summed E-state index contributed by atoms with van der Waals surface area (Å²) in [6, 6.07) is 3.74. The Morgan fingerprint density at radius 1 is 1.39 bits per heavy atom. The second kappa shape index (κ2) is 6.24. The van der Waals surface area contributed by atoms with Crippen LogP contribution in [-0.2, 0) is 6.54 Å². The average Bonchev–Trinajstić information content (AvgIpc) is 2.32. The van der Waals surface area contributed by atoms with Crippen molar-refractivity contribution in [1.29, 1.82) is 0 Å². The van der Waals surface area contributed by atoms with Gasteiger partial charge in [-0.25, -0.2) is 0 Å². The number of aliphatic hydroxyl groups excluding tert-OH is 1. The third-order valence-electron chi connectivity index (χ3n) is 3.33. The number of hydrogen-bond acceptors (Lipinski definition) is 3. The molecule has 0 unspecified atom stereocenters. The third kappa shape index (κ3) is 3.60. The number of phenolic OH excluding ortho intramolecular Hbond substituents is 1. The maximum atomic E-state index is 9.91. The SMILES string of the molecule is Oc1c(Br)cc(Cl)cc1CN[C@H]1CCC[C@@H](O)C1. The molecule has 0 heterocycles. The van der Waals surface area contributed by atoms with Gasteiger partial charge in [-0.1, -0.05) is 11.6 Å². The van der Waals surface area contributed by atoms with Crippen LogP contribution >= 0.6 is 27.5 Å². The lowest BCUT2D eigenvalue weighted by Gasteiger charge is -2.27. The van der Waals surface area contributed by atoms with Crippen molar-refractivity contribution in [1.82, 2.24) is 5.32 Å². The van der Waals surface area contributed by atoms with Gasteiger partial charge in [-0.2, -0.15) is 0 Å². The molecule has 1 aromatic rings. The molecular formula is C13H17BrClNO2. The third-order valence-corrected chi connectivity index (χ3v) is 4.16. The zero-order valence-corrected chi connectivity index (χ0v) is 12.3. The Bertz CT molecular complexity index is 428. The fourth-order valence-corrected chi connectivity index (χ4v) is 3.23. The molecule has 5 heteroatoms. The van der Waals surface area contributed by atoms with Crippen LogP contribution in [0.5, 0.6) is 5.75 Å². The fraction of sp³-hybridized carbons (Fsp3) is 0.538. The Hall–Kier alpha value is -0.290. The lowest BCUT2D eigenvalue weighted by Crippen LogP contribution is -2.35. The van der Waals surface area contributed by atoms with Gasteiger partial charge in [0.15, 0.2) is 0 Å². The molecule has 0 radical (unpaired) electrons. The molecule has 100 valence electrons. The van der Waals surface area contributed by atoms with Gasteiger partial charge in [0.2, 0.25) is 0 Å². The summed E-state index contributed by atoms with van der Waals surface area (Å²) in [5, 5.41) is 23.5. The maximum Gasteiger partial charge on any atom is 0.134 e. The Balaban J connectivity index is 1.97. The monoisotopic (exact) mass is 333 g/mol. The van der Waals surface area contributed by atoms with E-state index in [1.54, 1.807) is 12.1 Å². The highest BCUT2D eigenvalue weighted by Crippen LogP contribution is 2.31. The van der Waals surface area contributed by atoms with Crippen LogP contribution in [0.15, 0.2) is 16.6 Å². The molecule has 1 aromatic carbocycles. The van der Waals surface area contributed by atoms with E-state index >= 15 is 0 Å². The number of hydrogen-bond donors (Lipinski definition) is 3.